The molecule has 2 rings (SSSR count). The van der Waals surface area contributed by atoms with Crippen molar-refractivity contribution < 1.29 is 14.0 Å². The van der Waals surface area contributed by atoms with Crippen LogP contribution in [0.4, 0.5) is 4.39 Å². The van der Waals surface area contributed by atoms with E-state index >= 15 is 0 Å². The maximum absolute atomic E-state index is 13.5. The van der Waals surface area contributed by atoms with Crippen LogP contribution in [0.15, 0.2) is 24.3 Å². The summed E-state index contributed by atoms with van der Waals surface area (Å²) in [5.41, 5.74) is -1.72. The molecule has 0 unspecified atom stereocenters. The molecule has 0 N–H and O–H groups in total. The number of nitriles is 1. The number of halogens is 1. The largest absolute Gasteiger partial charge is 0.270 e. The van der Waals surface area contributed by atoms with E-state index in [1.165, 1.54) is 18.2 Å². The number of fused-ring (bicyclic) bond motifs is 1. The van der Waals surface area contributed by atoms with E-state index in [0.29, 0.717) is 0 Å². The van der Waals surface area contributed by atoms with Crippen LogP contribution in [0.3, 0.4) is 0 Å². The van der Waals surface area contributed by atoms with E-state index in [2.05, 4.69) is 0 Å². The van der Waals surface area contributed by atoms with Gasteiger partial charge in [0, 0.05) is 0 Å². The fourth-order valence-electron chi connectivity index (χ4n) is 1.72. The molecular weight excluding hydrogens is 223 g/mol. The lowest BCUT2D eigenvalue weighted by atomic mass is 10.1. The van der Waals surface area contributed by atoms with Gasteiger partial charge in [-0.3, -0.25) is 14.5 Å². The molecule has 0 aliphatic carbocycles. The highest BCUT2D eigenvalue weighted by Gasteiger charge is 2.39. The van der Waals surface area contributed by atoms with Crippen LogP contribution in [0.5, 0.6) is 0 Å². The first kappa shape index (κ1) is 11.3. The lowest BCUT2D eigenvalue weighted by Gasteiger charge is -2.19. The first-order valence-corrected chi connectivity index (χ1v) is 5.02. The summed E-state index contributed by atoms with van der Waals surface area (Å²) >= 11 is 0. The molecule has 0 fully saturated rings. The molecule has 1 heterocycles. The normalized spacial score (nSPS) is 17.6. The van der Waals surface area contributed by atoms with Crippen LogP contribution in [-0.2, 0) is 0 Å². The maximum atomic E-state index is 13.5. The van der Waals surface area contributed by atoms with Crippen LogP contribution in [0.1, 0.15) is 27.6 Å². The van der Waals surface area contributed by atoms with Crippen LogP contribution >= 0.6 is 0 Å². The lowest BCUT2D eigenvalue weighted by Crippen LogP contribution is -2.40. The lowest BCUT2D eigenvalue weighted by molar-refractivity contribution is 0.0581. The number of carbonyl (C=O) groups is 2. The Balaban J connectivity index is 2.35. The number of carbonyl (C=O) groups excluding carboxylic acids is 2. The molecule has 0 aromatic heterocycles. The van der Waals surface area contributed by atoms with Gasteiger partial charge < -0.3 is 0 Å². The van der Waals surface area contributed by atoms with Gasteiger partial charge in [-0.25, -0.2) is 4.39 Å². The van der Waals surface area contributed by atoms with E-state index in [-0.39, 0.29) is 11.1 Å². The highest BCUT2D eigenvalue weighted by molar-refractivity contribution is 6.21. The summed E-state index contributed by atoms with van der Waals surface area (Å²) < 4.78 is 13.5. The number of imide groups is 1. The molecule has 86 valence electrons. The fraction of sp³-hybridized carbons (Fsp3) is 0.250. The number of benzene rings is 1. The Labute approximate surface area is 97.3 Å². The summed E-state index contributed by atoms with van der Waals surface area (Å²) in [5.74, 6) is -1.10. The molecule has 1 aromatic rings. The number of hydrogen-bond acceptors (Lipinski definition) is 3. The quantitative estimate of drug-likeness (QED) is 0.726. The van der Waals surface area contributed by atoms with Crippen molar-refractivity contribution in [2.75, 3.05) is 6.54 Å². The van der Waals surface area contributed by atoms with Gasteiger partial charge in [0.25, 0.3) is 11.8 Å². The molecule has 5 heteroatoms. The maximum Gasteiger partial charge on any atom is 0.261 e. The third-order valence-electron chi connectivity index (χ3n) is 2.57. The highest BCUT2D eigenvalue weighted by atomic mass is 19.1. The summed E-state index contributed by atoms with van der Waals surface area (Å²) in [6.45, 7) is 0.492. The van der Waals surface area contributed by atoms with Crippen molar-refractivity contribution in [3.8, 4) is 6.07 Å². The van der Waals surface area contributed by atoms with Crippen molar-refractivity contribution in [3.63, 3.8) is 0 Å². The second kappa shape index (κ2) is 3.67. The molecule has 0 spiro atoms. The van der Waals surface area contributed by atoms with Crippen LogP contribution in [0.2, 0.25) is 0 Å². The minimum absolute atomic E-state index is 0.256. The van der Waals surface area contributed by atoms with Gasteiger partial charge in [0.1, 0.15) is 6.07 Å². The molecule has 0 bridgehead atoms. The van der Waals surface area contributed by atoms with Crippen molar-refractivity contribution in [1.29, 1.82) is 5.26 Å². The monoisotopic (exact) mass is 232 g/mol. The van der Waals surface area contributed by atoms with Gasteiger partial charge >= 0.3 is 0 Å². The van der Waals surface area contributed by atoms with Crippen molar-refractivity contribution in [2.24, 2.45) is 0 Å². The summed E-state index contributed by atoms with van der Waals surface area (Å²) in [4.78, 5) is 24.4. The summed E-state index contributed by atoms with van der Waals surface area (Å²) in [6, 6.07) is 7.71. The SMILES string of the molecule is C[C@](F)(C#N)CN1C(=O)c2ccccc2C1=O. The number of nitrogens with zero attached hydrogens (tertiary/aromatic N) is 2. The molecule has 0 saturated carbocycles. The minimum atomic E-state index is -2.23. The Bertz CT molecular complexity index is 511. The Kier molecular flexibility index (Phi) is 2.43. The number of rotatable bonds is 2. The molecule has 0 saturated heterocycles. The zero-order chi connectivity index (χ0) is 12.6. The summed E-state index contributed by atoms with van der Waals surface area (Å²) in [7, 11) is 0. The van der Waals surface area contributed by atoms with Gasteiger partial charge in [0.2, 0.25) is 5.67 Å². The molecule has 1 aromatic carbocycles. The van der Waals surface area contributed by atoms with Gasteiger partial charge in [-0.1, -0.05) is 12.1 Å². The zero-order valence-electron chi connectivity index (χ0n) is 9.11. The molecule has 1 atom stereocenters. The van der Waals surface area contributed by atoms with E-state index in [1.54, 1.807) is 12.1 Å². The third kappa shape index (κ3) is 1.78. The average Bonchev–Trinajstić information content (AvgIpc) is 2.55. The molecule has 1 aliphatic rings. The molecule has 1 aliphatic heterocycles. The van der Waals surface area contributed by atoms with E-state index in [9.17, 15) is 14.0 Å². The third-order valence-corrected chi connectivity index (χ3v) is 2.57. The second-order valence-electron chi connectivity index (χ2n) is 4.05. The molecule has 17 heavy (non-hydrogen) atoms. The van der Waals surface area contributed by atoms with Crippen molar-refractivity contribution in [1.82, 2.24) is 4.90 Å². The van der Waals surface area contributed by atoms with Gasteiger partial charge in [0.15, 0.2) is 0 Å². The Morgan fingerprint density at radius 2 is 1.76 bits per heavy atom. The van der Waals surface area contributed by atoms with Gasteiger partial charge in [-0.05, 0) is 19.1 Å². The summed E-state index contributed by atoms with van der Waals surface area (Å²) in [5, 5.41) is 8.57. The highest BCUT2D eigenvalue weighted by Crippen LogP contribution is 2.24. The predicted molar refractivity (Wildman–Crippen MR) is 56.9 cm³/mol. The van der Waals surface area contributed by atoms with E-state index in [1.807, 2.05) is 0 Å². The minimum Gasteiger partial charge on any atom is -0.270 e. The fourth-order valence-corrected chi connectivity index (χ4v) is 1.72. The Hall–Kier alpha value is -2.22. The predicted octanol–water partition coefficient (Wildman–Crippen LogP) is 1.53. The van der Waals surface area contributed by atoms with Crippen molar-refractivity contribution >= 4 is 11.8 Å². The molecule has 0 radical (unpaired) electrons. The van der Waals surface area contributed by atoms with Crippen LogP contribution in [0.25, 0.3) is 0 Å². The standard InChI is InChI=1S/C12H9FN2O2/c1-12(13,6-14)7-15-10(16)8-4-2-3-5-9(8)11(15)17/h2-5H,7H2,1H3/t12-/m0/s1. The first-order valence-electron chi connectivity index (χ1n) is 5.02. The first-order chi connectivity index (χ1) is 7.96. The zero-order valence-corrected chi connectivity index (χ0v) is 9.11. The molecular formula is C12H9FN2O2. The van der Waals surface area contributed by atoms with Crippen molar-refractivity contribution in [2.45, 2.75) is 12.6 Å². The second-order valence-corrected chi connectivity index (χ2v) is 4.05. The van der Waals surface area contributed by atoms with Crippen LogP contribution in [-0.4, -0.2) is 28.9 Å². The van der Waals surface area contributed by atoms with Crippen molar-refractivity contribution in [3.05, 3.63) is 35.4 Å². The van der Waals surface area contributed by atoms with E-state index in [4.69, 9.17) is 5.26 Å². The van der Waals surface area contributed by atoms with Gasteiger partial charge in [0.05, 0.1) is 17.7 Å². The Morgan fingerprint density at radius 3 is 2.18 bits per heavy atom. The topological polar surface area (TPSA) is 61.2 Å². The van der Waals surface area contributed by atoms with Gasteiger partial charge in [-0.15, -0.1) is 0 Å². The van der Waals surface area contributed by atoms with Gasteiger partial charge in [-0.2, -0.15) is 5.26 Å². The number of alkyl halides is 1. The van der Waals surface area contributed by atoms with E-state index < -0.39 is 24.0 Å². The van der Waals surface area contributed by atoms with Crippen LogP contribution < -0.4 is 0 Å². The number of hydrogen-bond donors (Lipinski definition) is 0. The Morgan fingerprint density at radius 1 is 1.29 bits per heavy atom. The average molecular weight is 232 g/mol. The summed E-state index contributed by atoms with van der Waals surface area (Å²) in [6.07, 6.45) is 0. The van der Waals surface area contributed by atoms with E-state index in [0.717, 1.165) is 11.8 Å². The molecule has 4 nitrogen and oxygen atoms in total. The smallest absolute Gasteiger partial charge is 0.261 e. The van der Waals surface area contributed by atoms with Crippen LogP contribution in [0, 0.1) is 11.3 Å². The number of amides is 2. The molecule has 2 amide bonds.